The van der Waals surface area contributed by atoms with Crippen LogP contribution in [-0.2, 0) is 18.5 Å². The second kappa shape index (κ2) is 8.13. The van der Waals surface area contributed by atoms with Crippen molar-refractivity contribution < 1.29 is 16.8 Å². The van der Waals surface area contributed by atoms with E-state index < -0.39 is 20.4 Å². The van der Waals surface area contributed by atoms with Crippen LogP contribution in [0.3, 0.4) is 0 Å². The Morgan fingerprint density at radius 2 is 1.59 bits per heavy atom. The lowest BCUT2D eigenvalue weighted by atomic mass is 10.2. The highest BCUT2D eigenvalue weighted by Gasteiger charge is 2.31. The molecule has 0 saturated heterocycles. The van der Waals surface area contributed by atoms with Crippen molar-refractivity contribution in [3.63, 3.8) is 0 Å². The van der Waals surface area contributed by atoms with Gasteiger partial charge in [-0.1, -0.05) is 38.5 Å². The van der Waals surface area contributed by atoms with Crippen LogP contribution in [0.5, 0.6) is 0 Å². The lowest BCUT2D eigenvalue weighted by molar-refractivity contribution is -0.116. The summed E-state index contributed by atoms with van der Waals surface area (Å²) in [6.07, 6.45) is 1.25. The number of carbonyl (C=O) groups is 1. The summed E-state index contributed by atoms with van der Waals surface area (Å²) in [7, 11) is -5.78. The second-order valence-corrected chi connectivity index (χ2v) is 10.6. The van der Waals surface area contributed by atoms with Crippen molar-refractivity contribution in [2.75, 3.05) is 17.3 Å². The van der Waals surface area contributed by atoms with E-state index in [9.17, 15) is 13.2 Å². The smallest absolute Gasteiger partial charge is 0.299 e. The van der Waals surface area contributed by atoms with Crippen LogP contribution in [0.4, 0.5) is 0 Å². The number of rotatable bonds is 9. The minimum Gasteiger partial charge on any atom is -0.299 e. The molecule has 0 spiro atoms. The molecule has 1 rings (SSSR count). The zero-order valence-corrected chi connectivity index (χ0v) is 15.4. The normalized spacial score (nSPS) is 13.1. The van der Waals surface area contributed by atoms with E-state index in [1.54, 1.807) is 24.3 Å². The molecule has 0 aliphatic carbocycles. The van der Waals surface area contributed by atoms with Crippen molar-refractivity contribution >= 4 is 26.2 Å². The Kier molecular flexibility index (Phi) is 7.09. The molecular weight excluding hydrogens is 320 g/mol. The largest absolute Gasteiger partial charge is 0.306 e. The van der Waals surface area contributed by atoms with Gasteiger partial charge in [-0.2, -0.15) is 8.42 Å². The van der Waals surface area contributed by atoms with Crippen molar-refractivity contribution in [2.24, 2.45) is 0 Å². The summed E-state index contributed by atoms with van der Waals surface area (Å²) in [5.41, 5.74) is 0.988. The number of benzene rings is 1. The van der Waals surface area contributed by atoms with Gasteiger partial charge in [-0.25, -0.2) is 3.63 Å². The van der Waals surface area contributed by atoms with Crippen LogP contribution >= 0.6 is 10.3 Å². The lowest BCUT2D eigenvalue weighted by Crippen LogP contribution is -2.23. The third kappa shape index (κ3) is 5.11. The number of aryl methyl sites for hydroxylation is 1. The molecule has 0 aliphatic heterocycles. The summed E-state index contributed by atoms with van der Waals surface area (Å²) in [4.78, 5) is 12.1. The maximum absolute atomic E-state index is 12.5. The molecule has 0 aromatic heterocycles. The standard InChI is InChI=1S/C16H26O4S2/c1-5-8-15(17)13-21(6-2,7-3)20-22(18,19)16-11-9-14(4)10-12-16/h9-12H,5-8,13H2,1-4H3. The number of carbonyl (C=O) groups excluding carboxylic acids is 1. The Bertz CT molecular complexity index is 587. The van der Waals surface area contributed by atoms with E-state index >= 15 is 0 Å². The average molecular weight is 347 g/mol. The van der Waals surface area contributed by atoms with Crippen LogP contribution in [0.1, 0.15) is 39.2 Å². The van der Waals surface area contributed by atoms with Gasteiger partial charge < -0.3 is 0 Å². The van der Waals surface area contributed by atoms with Gasteiger partial charge in [-0.3, -0.25) is 4.79 Å². The Morgan fingerprint density at radius 1 is 1.05 bits per heavy atom. The van der Waals surface area contributed by atoms with Crippen molar-refractivity contribution in [3.8, 4) is 0 Å². The van der Waals surface area contributed by atoms with E-state index in [1.165, 1.54) is 0 Å². The first-order chi connectivity index (χ1) is 10.3. The third-order valence-electron chi connectivity index (χ3n) is 3.55. The monoisotopic (exact) mass is 346 g/mol. The van der Waals surface area contributed by atoms with Crippen molar-refractivity contribution in [1.29, 1.82) is 0 Å². The van der Waals surface area contributed by atoms with Crippen LogP contribution in [-0.4, -0.2) is 31.5 Å². The van der Waals surface area contributed by atoms with Crippen molar-refractivity contribution in [3.05, 3.63) is 29.8 Å². The van der Waals surface area contributed by atoms with Crippen LogP contribution in [0, 0.1) is 6.92 Å². The summed E-state index contributed by atoms with van der Waals surface area (Å²) in [5.74, 6) is 1.42. The van der Waals surface area contributed by atoms with E-state index in [0.29, 0.717) is 17.9 Å². The number of hydrogen-bond acceptors (Lipinski definition) is 4. The predicted octanol–water partition coefficient (Wildman–Crippen LogP) is 3.83. The number of Topliss-reactive ketones (excluding diaryl/α,β-unsaturated/α-hetero) is 1. The van der Waals surface area contributed by atoms with E-state index in [-0.39, 0.29) is 16.4 Å². The lowest BCUT2D eigenvalue weighted by Gasteiger charge is -2.35. The Morgan fingerprint density at radius 3 is 2.05 bits per heavy atom. The van der Waals surface area contributed by atoms with Gasteiger partial charge in [-0.05, 0) is 37.0 Å². The van der Waals surface area contributed by atoms with Gasteiger partial charge in [0.25, 0.3) is 0 Å². The van der Waals surface area contributed by atoms with E-state index in [1.807, 2.05) is 27.7 Å². The molecule has 0 saturated carbocycles. The quantitative estimate of drug-likeness (QED) is 0.682. The maximum atomic E-state index is 12.5. The second-order valence-electron chi connectivity index (χ2n) is 5.31. The van der Waals surface area contributed by atoms with Gasteiger partial charge in [0.2, 0.25) is 0 Å². The first-order valence-electron chi connectivity index (χ1n) is 7.59. The van der Waals surface area contributed by atoms with Crippen LogP contribution in [0.2, 0.25) is 0 Å². The first-order valence-corrected chi connectivity index (χ1v) is 11.1. The fourth-order valence-electron chi connectivity index (χ4n) is 2.11. The molecule has 0 bridgehead atoms. The minimum atomic E-state index is -3.83. The topological polar surface area (TPSA) is 60.4 Å². The highest BCUT2D eigenvalue weighted by molar-refractivity contribution is 8.33. The molecule has 6 heteroatoms. The Hall–Kier alpha value is -0.850. The summed E-state index contributed by atoms with van der Waals surface area (Å²) >= 11 is 0. The first kappa shape index (κ1) is 19.2. The summed E-state index contributed by atoms with van der Waals surface area (Å²) < 4.78 is 30.6. The predicted molar refractivity (Wildman–Crippen MR) is 92.9 cm³/mol. The summed E-state index contributed by atoms with van der Waals surface area (Å²) in [6, 6.07) is 6.59. The van der Waals surface area contributed by atoms with E-state index in [4.69, 9.17) is 3.63 Å². The highest BCUT2D eigenvalue weighted by atomic mass is 32.3. The Balaban J connectivity index is 3.02. The third-order valence-corrected chi connectivity index (χ3v) is 9.22. The van der Waals surface area contributed by atoms with Gasteiger partial charge in [0.1, 0.15) is 5.78 Å². The molecule has 4 nitrogen and oxygen atoms in total. The van der Waals surface area contributed by atoms with E-state index in [0.717, 1.165) is 12.0 Å². The molecule has 0 heterocycles. The van der Waals surface area contributed by atoms with Gasteiger partial charge >= 0.3 is 10.1 Å². The Labute approximate surface area is 135 Å². The van der Waals surface area contributed by atoms with Crippen LogP contribution < -0.4 is 0 Å². The summed E-state index contributed by atoms with van der Waals surface area (Å²) in [5, 5.41) is 0. The number of ketones is 1. The SMILES string of the molecule is CCCC(=O)CS(CC)(CC)OS(=O)(=O)c1ccc(C)cc1. The van der Waals surface area contributed by atoms with Crippen LogP contribution in [0.15, 0.2) is 29.2 Å². The minimum absolute atomic E-state index is 0.0836. The molecule has 0 fully saturated rings. The molecule has 0 amide bonds. The molecule has 22 heavy (non-hydrogen) atoms. The molecule has 0 aliphatic rings. The molecule has 126 valence electrons. The van der Waals surface area contributed by atoms with Gasteiger partial charge in [0, 0.05) is 6.42 Å². The zero-order chi connectivity index (χ0) is 16.8. The highest BCUT2D eigenvalue weighted by Crippen LogP contribution is 2.51. The summed E-state index contributed by atoms with van der Waals surface area (Å²) in [6.45, 7) is 7.62. The molecule has 0 atom stereocenters. The van der Waals surface area contributed by atoms with Crippen molar-refractivity contribution in [1.82, 2.24) is 0 Å². The van der Waals surface area contributed by atoms with Gasteiger partial charge in [0.15, 0.2) is 0 Å². The van der Waals surface area contributed by atoms with Crippen LogP contribution in [0.25, 0.3) is 0 Å². The molecule has 1 aromatic rings. The average Bonchev–Trinajstić information content (AvgIpc) is 2.47. The van der Waals surface area contributed by atoms with Gasteiger partial charge in [0.05, 0.1) is 10.6 Å². The molecule has 1 aromatic carbocycles. The fraction of sp³-hybridized carbons (Fsp3) is 0.562. The van der Waals surface area contributed by atoms with E-state index in [2.05, 4.69) is 0 Å². The van der Waals surface area contributed by atoms with Gasteiger partial charge in [-0.15, -0.1) is 10.3 Å². The fourth-order valence-corrected chi connectivity index (χ4v) is 6.92. The number of hydrogen-bond donors (Lipinski definition) is 0. The molecular formula is C16H26O4S2. The van der Waals surface area contributed by atoms with Crippen molar-refractivity contribution in [2.45, 2.75) is 45.4 Å². The molecule has 0 unspecified atom stereocenters. The zero-order valence-electron chi connectivity index (χ0n) is 13.8. The maximum Gasteiger partial charge on any atom is 0.306 e. The molecule has 0 N–H and O–H groups in total. The molecule has 0 radical (unpaired) electrons.